The Kier molecular flexibility index (Phi) is 4.67. The van der Waals surface area contributed by atoms with Gasteiger partial charge >= 0.3 is 5.97 Å². The summed E-state index contributed by atoms with van der Waals surface area (Å²) in [5.41, 5.74) is 0. The monoisotopic (exact) mass is 169 g/mol. The van der Waals surface area contributed by atoms with Crippen molar-refractivity contribution >= 4 is 5.97 Å². The van der Waals surface area contributed by atoms with Crippen LogP contribution < -0.4 is 10.9 Å². The van der Waals surface area contributed by atoms with Crippen molar-refractivity contribution in [3.8, 4) is 5.75 Å². The normalized spacial score (nSPS) is 8.42. The van der Waals surface area contributed by atoms with Crippen molar-refractivity contribution in [3.05, 3.63) is 30.3 Å². The van der Waals surface area contributed by atoms with Crippen LogP contribution in [0.3, 0.4) is 0 Å². The summed E-state index contributed by atoms with van der Waals surface area (Å²) in [6.45, 7) is -0.588. The van der Waals surface area contributed by atoms with Crippen molar-refractivity contribution in [2.24, 2.45) is 0 Å². The van der Waals surface area contributed by atoms with Crippen LogP contribution in [0.15, 0.2) is 30.3 Å². The second kappa shape index (κ2) is 5.29. The highest BCUT2D eigenvalue weighted by Crippen LogP contribution is 2.07. The minimum absolute atomic E-state index is 0. The summed E-state index contributed by atoms with van der Waals surface area (Å²) in [6, 6.07) is 8.61. The van der Waals surface area contributed by atoms with E-state index in [-0.39, 0.29) is 6.15 Å². The molecule has 66 valence electrons. The summed E-state index contributed by atoms with van der Waals surface area (Å²) in [4.78, 5) is 10.5. The number of carbonyl (C=O) groups is 1. The lowest BCUT2D eigenvalue weighted by Gasteiger charge is -1.99. The number of para-hydroxylation sites is 1. The van der Waals surface area contributed by atoms with Gasteiger partial charge in [-0.2, -0.15) is 0 Å². The fourth-order valence-electron chi connectivity index (χ4n) is 0.652. The van der Waals surface area contributed by atoms with Crippen LogP contribution in [-0.4, -0.2) is 17.7 Å². The average Bonchev–Trinajstić information content (AvgIpc) is 2.06. The van der Waals surface area contributed by atoms with E-state index in [0.29, 0.717) is 5.75 Å². The van der Waals surface area contributed by atoms with E-state index in [0.717, 1.165) is 0 Å². The quantitative estimate of drug-likeness (QED) is 0.505. The van der Waals surface area contributed by atoms with Crippen molar-refractivity contribution in [2.45, 2.75) is 0 Å². The van der Waals surface area contributed by atoms with E-state index >= 15 is 0 Å². The molecule has 0 saturated heterocycles. The zero-order chi connectivity index (χ0) is 8.10. The van der Waals surface area contributed by atoms with Gasteiger partial charge in [0.2, 0.25) is 0 Å². The van der Waals surface area contributed by atoms with Crippen molar-refractivity contribution in [1.82, 2.24) is 6.15 Å². The molecule has 1 aromatic carbocycles. The van der Waals surface area contributed by atoms with Gasteiger partial charge in [0.05, 0.1) is 0 Å². The lowest BCUT2D eigenvalue weighted by molar-refractivity contribution is -0.137. The second-order valence-corrected chi connectivity index (χ2v) is 1.95. The molecule has 0 saturated carbocycles. The predicted molar refractivity (Wildman–Crippen MR) is 44.2 cm³/mol. The van der Waals surface area contributed by atoms with Crippen LogP contribution in [0.1, 0.15) is 0 Å². The molecule has 0 radical (unpaired) electrons. The molecule has 4 nitrogen and oxygen atoms in total. The highest BCUT2D eigenvalue weighted by Gasteiger charge is 1.99. The molecule has 12 heavy (non-hydrogen) atoms. The van der Waals surface area contributed by atoms with E-state index in [1.807, 2.05) is 6.07 Å². The van der Waals surface area contributed by atoms with Crippen molar-refractivity contribution < 1.29 is 14.6 Å². The topological polar surface area (TPSA) is 81.5 Å². The molecule has 4 N–H and O–H groups in total. The Bertz CT molecular complexity index is 235. The van der Waals surface area contributed by atoms with Crippen LogP contribution in [0.4, 0.5) is 0 Å². The molecular weight excluding hydrogens is 158 g/mol. The summed E-state index contributed by atoms with van der Waals surface area (Å²) in [5.74, 6) is -0.192. The number of benzene rings is 1. The van der Waals surface area contributed by atoms with Gasteiger partial charge in [0.1, 0.15) is 12.4 Å². The molecule has 0 aliphatic rings. The van der Waals surface area contributed by atoms with Gasteiger partial charge in [-0.1, -0.05) is 18.2 Å². The van der Waals surface area contributed by atoms with Gasteiger partial charge < -0.3 is 16.0 Å². The number of esters is 1. The highest BCUT2D eigenvalue weighted by molar-refractivity contribution is 5.73. The van der Waals surface area contributed by atoms with Crippen LogP contribution in [-0.2, 0) is 4.79 Å². The predicted octanol–water partition coefficient (Wildman–Crippen LogP) is 0.746. The van der Waals surface area contributed by atoms with E-state index in [1.54, 1.807) is 24.3 Å². The molecule has 0 spiro atoms. The molecule has 0 bridgehead atoms. The first-order valence-electron chi connectivity index (χ1n) is 3.19. The van der Waals surface area contributed by atoms with Gasteiger partial charge in [0, 0.05) is 0 Å². The molecular formula is C8H11NO3. The molecule has 0 atom stereocenters. The first kappa shape index (κ1) is 10.6. The first-order valence-corrected chi connectivity index (χ1v) is 3.19. The molecule has 0 unspecified atom stereocenters. The Morgan fingerprint density at radius 1 is 1.33 bits per heavy atom. The van der Waals surface area contributed by atoms with Crippen molar-refractivity contribution in [3.63, 3.8) is 0 Å². The van der Waals surface area contributed by atoms with Gasteiger partial charge in [-0.05, 0) is 12.1 Å². The zero-order valence-corrected chi connectivity index (χ0v) is 6.56. The van der Waals surface area contributed by atoms with Crippen LogP contribution in [0.2, 0.25) is 0 Å². The summed E-state index contributed by atoms with van der Waals surface area (Å²) in [7, 11) is 0. The van der Waals surface area contributed by atoms with Crippen molar-refractivity contribution in [2.75, 3.05) is 6.61 Å². The Labute approximate surface area is 70.4 Å². The summed E-state index contributed by atoms with van der Waals surface area (Å²) in [6.07, 6.45) is 0. The molecule has 0 aliphatic carbocycles. The number of ether oxygens (including phenoxy) is 1. The fourth-order valence-corrected chi connectivity index (χ4v) is 0.652. The smallest absolute Gasteiger partial charge is 0.337 e. The number of rotatable bonds is 2. The van der Waals surface area contributed by atoms with E-state index in [4.69, 9.17) is 5.11 Å². The molecule has 0 fully saturated rings. The number of aliphatic hydroxyl groups excluding tert-OH is 1. The molecule has 4 heteroatoms. The lowest BCUT2D eigenvalue weighted by atomic mass is 10.3. The van der Waals surface area contributed by atoms with Crippen LogP contribution in [0.25, 0.3) is 0 Å². The van der Waals surface area contributed by atoms with Gasteiger partial charge in [0.25, 0.3) is 0 Å². The molecule has 1 aromatic rings. The Morgan fingerprint density at radius 2 is 1.92 bits per heavy atom. The minimum atomic E-state index is -0.642. The van der Waals surface area contributed by atoms with Crippen LogP contribution >= 0.6 is 0 Å². The fraction of sp³-hybridized carbons (Fsp3) is 0.125. The Morgan fingerprint density at radius 3 is 2.42 bits per heavy atom. The third kappa shape index (κ3) is 3.14. The standard InChI is InChI=1S/C8H8O3.H3N/c9-6-8(10)11-7-4-2-1-3-5-7;/h1-5,9H,6H2;1H3. The second-order valence-electron chi connectivity index (χ2n) is 1.95. The zero-order valence-electron chi connectivity index (χ0n) is 6.56. The SMILES string of the molecule is N.O=C(CO)Oc1ccccc1. The Hall–Kier alpha value is -1.39. The molecule has 1 rings (SSSR count). The largest absolute Gasteiger partial charge is 0.425 e. The van der Waals surface area contributed by atoms with E-state index in [1.165, 1.54) is 0 Å². The van der Waals surface area contributed by atoms with Crippen LogP contribution in [0.5, 0.6) is 5.75 Å². The van der Waals surface area contributed by atoms with E-state index in [2.05, 4.69) is 4.74 Å². The minimum Gasteiger partial charge on any atom is -0.425 e. The van der Waals surface area contributed by atoms with Crippen molar-refractivity contribution in [1.29, 1.82) is 0 Å². The van der Waals surface area contributed by atoms with Crippen LogP contribution in [0, 0.1) is 0 Å². The maximum absolute atomic E-state index is 10.5. The molecule has 0 aliphatic heterocycles. The number of hydrogen-bond donors (Lipinski definition) is 2. The molecule has 0 amide bonds. The number of hydrogen-bond acceptors (Lipinski definition) is 4. The van der Waals surface area contributed by atoms with E-state index in [9.17, 15) is 4.79 Å². The van der Waals surface area contributed by atoms with E-state index < -0.39 is 12.6 Å². The maximum Gasteiger partial charge on any atom is 0.337 e. The van der Waals surface area contributed by atoms with Gasteiger partial charge in [-0.25, -0.2) is 4.79 Å². The summed E-state index contributed by atoms with van der Waals surface area (Å²) in [5, 5.41) is 8.32. The summed E-state index contributed by atoms with van der Waals surface area (Å²) < 4.78 is 4.67. The Balaban J connectivity index is 0.00000121. The number of aliphatic hydroxyl groups is 1. The van der Waals surface area contributed by atoms with Gasteiger partial charge in [0.15, 0.2) is 0 Å². The first-order chi connectivity index (χ1) is 5.33. The lowest BCUT2D eigenvalue weighted by Crippen LogP contribution is -2.11. The third-order valence-corrected chi connectivity index (χ3v) is 1.10. The highest BCUT2D eigenvalue weighted by atomic mass is 16.5. The third-order valence-electron chi connectivity index (χ3n) is 1.10. The molecule has 0 heterocycles. The van der Waals surface area contributed by atoms with Gasteiger partial charge in [-0.3, -0.25) is 0 Å². The average molecular weight is 169 g/mol. The maximum atomic E-state index is 10.5. The molecule has 0 aromatic heterocycles. The van der Waals surface area contributed by atoms with Gasteiger partial charge in [-0.15, -0.1) is 0 Å². The number of carbonyl (C=O) groups excluding carboxylic acids is 1. The summed E-state index contributed by atoms with van der Waals surface area (Å²) >= 11 is 0.